The Labute approximate surface area is 169 Å². The molecule has 0 fully saturated rings. The van der Waals surface area contributed by atoms with Gasteiger partial charge in [-0.1, -0.05) is 6.92 Å². The van der Waals surface area contributed by atoms with Gasteiger partial charge in [-0.2, -0.15) is 4.98 Å². The summed E-state index contributed by atoms with van der Waals surface area (Å²) in [6.07, 6.45) is -0.963. The fourth-order valence-electron chi connectivity index (χ4n) is 2.10. The van der Waals surface area contributed by atoms with E-state index in [9.17, 15) is 24.9 Å². The molecule has 1 amide bonds. The minimum Gasteiger partial charge on any atom is -0.501 e. The number of carbonyl (C=O) groups excluding carboxylic acids is 2. The number of aliphatic hydroxyl groups excluding tert-OH is 1. The average molecular weight is 415 g/mol. The first-order valence-electron chi connectivity index (χ1n) is 9.01. The lowest BCUT2D eigenvalue weighted by atomic mass is 10.2. The number of aliphatic hydroxyl groups is 1. The van der Waals surface area contributed by atoms with Crippen molar-refractivity contribution in [1.82, 2.24) is 14.9 Å². The second-order valence-electron chi connectivity index (χ2n) is 7.30. The largest absolute Gasteiger partial charge is 0.501 e. The van der Waals surface area contributed by atoms with Crippen LogP contribution in [0, 0.1) is 0 Å². The van der Waals surface area contributed by atoms with Gasteiger partial charge in [-0.3, -0.25) is 4.90 Å². The first kappa shape index (κ1) is 24.4. The van der Waals surface area contributed by atoms with Crippen molar-refractivity contribution in [1.29, 1.82) is 0 Å². The fourth-order valence-corrected chi connectivity index (χ4v) is 2.10. The van der Waals surface area contributed by atoms with Gasteiger partial charge < -0.3 is 29.5 Å². The molecule has 11 heteroatoms. The van der Waals surface area contributed by atoms with E-state index in [1.165, 1.54) is 7.05 Å². The van der Waals surface area contributed by atoms with Crippen molar-refractivity contribution in [2.45, 2.75) is 51.9 Å². The predicted molar refractivity (Wildman–Crippen MR) is 101 cm³/mol. The molecule has 1 heterocycles. The van der Waals surface area contributed by atoms with Crippen LogP contribution in [0.1, 0.15) is 56.5 Å². The third kappa shape index (κ3) is 7.02. The zero-order valence-corrected chi connectivity index (χ0v) is 17.5. The molecule has 29 heavy (non-hydrogen) atoms. The Morgan fingerprint density at radius 1 is 1.17 bits per heavy atom. The van der Waals surface area contributed by atoms with Gasteiger partial charge >= 0.3 is 12.1 Å². The summed E-state index contributed by atoms with van der Waals surface area (Å²) in [5.74, 6) is -2.88. The van der Waals surface area contributed by atoms with Crippen LogP contribution >= 0.6 is 0 Å². The lowest BCUT2D eigenvalue weighted by Crippen LogP contribution is -2.39. The number of carbonyl (C=O) groups is 2. The molecule has 1 aromatic heterocycles. The Kier molecular flexibility index (Phi) is 8.59. The lowest BCUT2D eigenvalue weighted by molar-refractivity contribution is -0.0101. The van der Waals surface area contributed by atoms with Crippen molar-refractivity contribution in [3.63, 3.8) is 0 Å². The molecule has 0 aliphatic carbocycles. The van der Waals surface area contributed by atoms with Crippen molar-refractivity contribution in [2.75, 3.05) is 27.4 Å². The average Bonchev–Trinajstić information content (AvgIpc) is 2.64. The number of nitrogens with zero attached hydrogens (tertiary/aromatic N) is 3. The van der Waals surface area contributed by atoms with E-state index in [1.54, 1.807) is 27.7 Å². The molecule has 0 radical (unpaired) electrons. The van der Waals surface area contributed by atoms with Gasteiger partial charge in [-0.25, -0.2) is 14.6 Å². The number of amides is 1. The molecule has 0 aliphatic rings. The van der Waals surface area contributed by atoms with Crippen molar-refractivity contribution >= 4 is 12.1 Å². The van der Waals surface area contributed by atoms with Gasteiger partial charge in [0, 0.05) is 7.05 Å². The van der Waals surface area contributed by atoms with Crippen LogP contribution in [-0.2, 0) is 14.2 Å². The molecule has 1 aromatic rings. The van der Waals surface area contributed by atoms with E-state index in [2.05, 4.69) is 14.7 Å². The Morgan fingerprint density at radius 3 is 2.31 bits per heavy atom. The van der Waals surface area contributed by atoms with Crippen LogP contribution in [0.4, 0.5) is 4.79 Å². The van der Waals surface area contributed by atoms with E-state index in [0.717, 1.165) is 12.0 Å². The van der Waals surface area contributed by atoms with Gasteiger partial charge in [0.2, 0.25) is 5.75 Å². The molecule has 164 valence electrons. The summed E-state index contributed by atoms with van der Waals surface area (Å²) in [4.78, 5) is 33.2. The third-order valence-electron chi connectivity index (χ3n) is 3.77. The number of aromatic hydroxyl groups is 2. The van der Waals surface area contributed by atoms with Crippen LogP contribution in [0.3, 0.4) is 0 Å². The molecule has 1 rings (SSSR count). The Bertz CT molecular complexity index is 720. The van der Waals surface area contributed by atoms with E-state index in [-0.39, 0.29) is 19.0 Å². The van der Waals surface area contributed by atoms with Crippen LogP contribution in [0.5, 0.6) is 11.6 Å². The number of esters is 1. The zero-order chi connectivity index (χ0) is 22.4. The molecular weight excluding hydrogens is 386 g/mol. The maximum Gasteiger partial charge on any atom is 0.410 e. The first-order valence-corrected chi connectivity index (χ1v) is 9.01. The number of methoxy groups -OCH3 is 1. The second kappa shape index (κ2) is 10.2. The molecule has 0 aromatic carbocycles. The SMILES string of the molecule is CC[C@@H](O)COCC(c1nc(O)c(O)c(C(=O)OC)n1)N(C)C(=O)OC(C)(C)C. The maximum atomic E-state index is 12.5. The van der Waals surface area contributed by atoms with E-state index >= 15 is 0 Å². The van der Waals surface area contributed by atoms with Crippen LogP contribution in [0.15, 0.2) is 0 Å². The molecule has 1 unspecified atom stereocenters. The smallest absolute Gasteiger partial charge is 0.410 e. The molecule has 0 aliphatic heterocycles. The molecule has 0 saturated carbocycles. The minimum absolute atomic E-state index is 0.0108. The normalized spacial score (nSPS) is 13.5. The number of ether oxygens (including phenoxy) is 3. The minimum atomic E-state index is -0.998. The van der Waals surface area contributed by atoms with Gasteiger partial charge in [0.15, 0.2) is 11.5 Å². The van der Waals surface area contributed by atoms with E-state index in [0.29, 0.717) is 6.42 Å². The fraction of sp³-hybridized carbons (Fsp3) is 0.667. The monoisotopic (exact) mass is 415 g/mol. The summed E-state index contributed by atoms with van der Waals surface area (Å²) >= 11 is 0. The maximum absolute atomic E-state index is 12.5. The molecule has 0 saturated heterocycles. The van der Waals surface area contributed by atoms with Crippen molar-refractivity contribution < 1.29 is 39.1 Å². The molecular formula is C18H29N3O8. The highest BCUT2D eigenvalue weighted by molar-refractivity contribution is 5.90. The lowest BCUT2D eigenvalue weighted by Gasteiger charge is -2.30. The Hall–Kier alpha value is -2.66. The second-order valence-corrected chi connectivity index (χ2v) is 7.30. The van der Waals surface area contributed by atoms with Gasteiger partial charge in [0.05, 0.1) is 26.4 Å². The first-order chi connectivity index (χ1) is 13.4. The highest BCUT2D eigenvalue weighted by Gasteiger charge is 2.31. The van der Waals surface area contributed by atoms with Crippen molar-refractivity contribution in [3.8, 4) is 11.6 Å². The number of hydrogen-bond acceptors (Lipinski definition) is 10. The molecule has 11 nitrogen and oxygen atoms in total. The molecule has 0 spiro atoms. The topological polar surface area (TPSA) is 152 Å². The van der Waals surface area contributed by atoms with Gasteiger partial charge in [-0.15, -0.1) is 0 Å². The predicted octanol–water partition coefficient (Wildman–Crippen LogP) is 1.37. The standard InChI is InChI=1S/C18H29N3O8/c1-7-10(22)8-28-9-11(21(5)17(26)29-18(2,3)4)14-19-12(16(25)27-6)13(23)15(24)20-14/h10-11,22-23H,7-9H2,1-6H3,(H,19,20,24)/t10-,11?/m1/s1. The van der Waals surface area contributed by atoms with Crippen LogP contribution < -0.4 is 0 Å². The van der Waals surface area contributed by atoms with Crippen LogP contribution in [0.2, 0.25) is 0 Å². The Balaban J connectivity index is 3.27. The number of rotatable bonds is 8. The van der Waals surface area contributed by atoms with Gasteiger partial charge in [-0.05, 0) is 27.2 Å². The quantitative estimate of drug-likeness (QED) is 0.531. The number of aromatic nitrogens is 2. The van der Waals surface area contributed by atoms with Crippen LogP contribution in [-0.4, -0.2) is 81.3 Å². The highest BCUT2D eigenvalue weighted by Crippen LogP contribution is 2.29. The van der Waals surface area contributed by atoms with Crippen molar-refractivity contribution in [3.05, 3.63) is 11.5 Å². The van der Waals surface area contributed by atoms with Crippen LogP contribution in [0.25, 0.3) is 0 Å². The Morgan fingerprint density at radius 2 is 1.79 bits per heavy atom. The zero-order valence-electron chi connectivity index (χ0n) is 17.5. The summed E-state index contributed by atoms with van der Waals surface area (Å²) in [5, 5.41) is 29.4. The number of likely N-dealkylation sites (N-methyl/N-ethyl adjacent to an activating group) is 1. The summed E-state index contributed by atoms with van der Waals surface area (Å²) in [5.41, 5.74) is -1.34. The third-order valence-corrected chi connectivity index (χ3v) is 3.77. The molecule has 3 N–H and O–H groups in total. The number of hydrogen-bond donors (Lipinski definition) is 3. The highest BCUT2D eigenvalue weighted by atomic mass is 16.6. The molecule has 2 atom stereocenters. The summed E-state index contributed by atoms with van der Waals surface area (Å²) in [6.45, 7) is 6.68. The summed E-state index contributed by atoms with van der Waals surface area (Å²) < 4.78 is 15.3. The van der Waals surface area contributed by atoms with E-state index in [4.69, 9.17) is 9.47 Å². The molecule has 0 bridgehead atoms. The summed E-state index contributed by atoms with van der Waals surface area (Å²) in [7, 11) is 2.49. The summed E-state index contributed by atoms with van der Waals surface area (Å²) in [6, 6.07) is -0.996. The van der Waals surface area contributed by atoms with E-state index < -0.39 is 47.1 Å². The van der Waals surface area contributed by atoms with Gasteiger partial charge in [0.25, 0.3) is 5.88 Å². The van der Waals surface area contributed by atoms with Crippen molar-refractivity contribution in [2.24, 2.45) is 0 Å². The van der Waals surface area contributed by atoms with Gasteiger partial charge in [0.1, 0.15) is 11.6 Å². The van der Waals surface area contributed by atoms with E-state index in [1.807, 2.05) is 0 Å².